The molecule has 8 heteroatoms. The quantitative estimate of drug-likeness (QED) is 0.786. The molecule has 0 aromatic carbocycles. The van der Waals surface area contributed by atoms with E-state index in [0.29, 0.717) is 24.7 Å². The van der Waals surface area contributed by atoms with Crippen LogP contribution in [0, 0.1) is 0 Å². The molecule has 0 fully saturated rings. The molecule has 3 heterocycles. The molecular weight excluding hydrogens is 262 g/mol. The third kappa shape index (κ3) is 2.42. The van der Waals surface area contributed by atoms with Crippen molar-refractivity contribution in [3.05, 3.63) is 24.0 Å². The Balaban J connectivity index is 1.50. The van der Waals surface area contributed by atoms with Crippen LogP contribution in [0.25, 0.3) is 0 Å². The SMILES string of the molecule is CCc1noc(COCC(=O)N2CCn3nccc32)n1. The van der Waals surface area contributed by atoms with Crippen molar-refractivity contribution in [2.24, 2.45) is 0 Å². The van der Waals surface area contributed by atoms with E-state index in [4.69, 9.17) is 9.26 Å². The molecule has 0 unspecified atom stereocenters. The number of carbonyl (C=O) groups is 1. The Morgan fingerprint density at radius 1 is 1.50 bits per heavy atom. The van der Waals surface area contributed by atoms with Gasteiger partial charge in [0.1, 0.15) is 19.0 Å². The van der Waals surface area contributed by atoms with Crippen molar-refractivity contribution in [3.63, 3.8) is 0 Å². The number of aromatic nitrogens is 4. The zero-order chi connectivity index (χ0) is 13.9. The molecule has 3 rings (SSSR count). The number of hydrogen-bond acceptors (Lipinski definition) is 6. The molecule has 106 valence electrons. The molecule has 0 spiro atoms. The van der Waals surface area contributed by atoms with Gasteiger partial charge in [-0.3, -0.25) is 9.69 Å². The summed E-state index contributed by atoms with van der Waals surface area (Å²) in [7, 11) is 0. The molecule has 2 aromatic heterocycles. The molecule has 0 saturated heterocycles. The van der Waals surface area contributed by atoms with Crippen molar-refractivity contribution in [2.75, 3.05) is 18.1 Å². The zero-order valence-electron chi connectivity index (χ0n) is 11.2. The lowest BCUT2D eigenvalue weighted by Crippen LogP contribution is -2.32. The smallest absolute Gasteiger partial charge is 0.254 e. The Morgan fingerprint density at radius 3 is 3.20 bits per heavy atom. The number of carbonyl (C=O) groups excluding carboxylic acids is 1. The Morgan fingerprint density at radius 2 is 2.40 bits per heavy atom. The average molecular weight is 277 g/mol. The molecule has 8 nitrogen and oxygen atoms in total. The largest absolute Gasteiger partial charge is 0.362 e. The van der Waals surface area contributed by atoms with Crippen LogP contribution in [-0.4, -0.2) is 39.0 Å². The van der Waals surface area contributed by atoms with Gasteiger partial charge in [0.25, 0.3) is 11.8 Å². The van der Waals surface area contributed by atoms with Gasteiger partial charge in [-0.25, -0.2) is 4.68 Å². The molecular formula is C12H15N5O3. The lowest BCUT2D eigenvalue weighted by atomic mass is 10.4. The van der Waals surface area contributed by atoms with Crippen molar-refractivity contribution in [3.8, 4) is 0 Å². The molecule has 0 saturated carbocycles. The summed E-state index contributed by atoms with van der Waals surface area (Å²) in [5.41, 5.74) is 0. The summed E-state index contributed by atoms with van der Waals surface area (Å²) in [5, 5.41) is 7.88. The fourth-order valence-corrected chi connectivity index (χ4v) is 2.08. The van der Waals surface area contributed by atoms with E-state index >= 15 is 0 Å². The van der Waals surface area contributed by atoms with Gasteiger partial charge >= 0.3 is 0 Å². The fourth-order valence-electron chi connectivity index (χ4n) is 2.08. The highest BCUT2D eigenvalue weighted by molar-refractivity contribution is 5.94. The second-order valence-electron chi connectivity index (χ2n) is 4.41. The van der Waals surface area contributed by atoms with Crippen LogP contribution in [0.1, 0.15) is 18.6 Å². The maximum Gasteiger partial charge on any atom is 0.254 e. The van der Waals surface area contributed by atoms with E-state index in [9.17, 15) is 4.79 Å². The third-order valence-electron chi connectivity index (χ3n) is 3.08. The molecule has 0 N–H and O–H groups in total. The molecule has 0 bridgehead atoms. The number of hydrogen-bond donors (Lipinski definition) is 0. The summed E-state index contributed by atoms with van der Waals surface area (Å²) < 4.78 is 12.1. The summed E-state index contributed by atoms with van der Waals surface area (Å²) in [6, 6.07) is 1.82. The Bertz CT molecular complexity index is 606. The van der Waals surface area contributed by atoms with E-state index in [1.54, 1.807) is 15.8 Å². The van der Waals surface area contributed by atoms with Gasteiger partial charge < -0.3 is 9.26 Å². The van der Waals surface area contributed by atoms with Crippen LogP contribution in [0.5, 0.6) is 0 Å². The highest BCUT2D eigenvalue weighted by Crippen LogP contribution is 2.19. The second-order valence-corrected chi connectivity index (χ2v) is 4.41. The fraction of sp³-hybridized carbons (Fsp3) is 0.500. The predicted octanol–water partition coefficient (Wildman–Crippen LogP) is 0.392. The van der Waals surface area contributed by atoms with E-state index in [0.717, 1.165) is 12.4 Å². The lowest BCUT2D eigenvalue weighted by Gasteiger charge is -2.14. The van der Waals surface area contributed by atoms with E-state index in [2.05, 4.69) is 15.2 Å². The minimum absolute atomic E-state index is 0.0188. The number of aryl methyl sites for hydroxylation is 1. The first-order valence-electron chi connectivity index (χ1n) is 6.49. The maximum atomic E-state index is 12.1. The van der Waals surface area contributed by atoms with E-state index in [1.807, 2.05) is 13.0 Å². The van der Waals surface area contributed by atoms with Crippen molar-refractivity contribution in [2.45, 2.75) is 26.5 Å². The van der Waals surface area contributed by atoms with E-state index in [-0.39, 0.29) is 19.1 Å². The minimum Gasteiger partial charge on any atom is -0.362 e. The monoisotopic (exact) mass is 277 g/mol. The predicted molar refractivity (Wildman–Crippen MR) is 67.9 cm³/mol. The van der Waals surface area contributed by atoms with Crippen molar-refractivity contribution >= 4 is 11.7 Å². The maximum absolute atomic E-state index is 12.1. The molecule has 0 atom stereocenters. The number of amides is 1. The van der Waals surface area contributed by atoms with Crippen LogP contribution < -0.4 is 4.90 Å². The topological polar surface area (TPSA) is 86.3 Å². The number of nitrogens with zero attached hydrogens (tertiary/aromatic N) is 5. The van der Waals surface area contributed by atoms with Gasteiger partial charge in [0.2, 0.25) is 0 Å². The third-order valence-corrected chi connectivity index (χ3v) is 3.08. The molecule has 1 aliphatic heterocycles. The van der Waals surface area contributed by atoms with Crippen LogP contribution in [0.4, 0.5) is 5.82 Å². The van der Waals surface area contributed by atoms with Crippen LogP contribution >= 0.6 is 0 Å². The van der Waals surface area contributed by atoms with Crippen LogP contribution in [-0.2, 0) is 29.1 Å². The van der Waals surface area contributed by atoms with Crippen molar-refractivity contribution in [1.29, 1.82) is 0 Å². The molecule has 20 heavy (non-hydrogen) atoms. The molecule has 2 aromatic rings. The highest BCUT2D eigenvalue weighted by atomic mass is 16.5. The van der Waals surface area contributed by atoms with Gasteiger partial charge in [0.05, 0.1) is 12.7 Å². The van der Waals surface area contributed by atoms with Crippen molar-refractivity contribution in [1.82, 2.24) is 19.9 Å². The molecule has 0 radical (unpaired) electrons. The van der Waals surface area contributed by atoms with Crippen molar-refractivity contribution < 1.29 is 14.1 Å². The van der Waals surface area contributed by atoms with Gasteiger partial charge in [0.15, 0.2) is 5.82 Å². The first-order chi connectivity index (χ1) is 9.78. The van der Waals surface area contributed by atoms with Gasteiger partial charge in [-0.2, -0.15) is 10.1 Å². The van der Waals surface area contributed by atoms with Crippen LogP contribution in [0.15, 0.2) is 16.8 Å². The zero-order valence-corrected chi connectivity index (χ0v) is 11.2. The van der Waals surface area contributed by atoms with Gasteiger partial charge in [-0.05, 0) is 0 Å². The standard InChI is InChI=1S/C12H15N5O3/c1-2-9-14-10(20-15-9)7-19-8-12(18)16-5-6-17-11(16)3-4-13-17/h3-4H,2,5-8H2,1H3. The van der Waals surface area contributed by atoms with Gasteiger partial charge in [0, 0.05) is 19.0 Å². The lowest BCUT2D eigenvalue weighted by molar-refractivity contribution is -0.123. The minimum atomic E-state index is -0.0977. The summed E-state index contributed by atoms with van der Waals surface area (Å²) >= 11 is 0. The normalized spacial score (nSPS) is 13.8. The second kappa shape index (κ2) is 5.41. The molecule has 1 amide bonds. The van der Waals surface area contributed by atoms with Crippen LogP contribution in [0.2, 0.25) is 0 Å². The molecule has 1 aliphatic rings. The summed E-state index contributed by atoms with van der Waals surface area (Å²) in [4.78, 5) is 17.8. The van der Waals surface area contributed by atoms with E-state index in [1.165, 1.54) is 0 Å². The summed E-state index contributed by atoms with van der Waals surface area (Å²) in [6.45, 7) is 3.42. The Labute approximate surface area is 115 Å². The summed E-state index contributed by atoms with van der Waals surface area (Å²) in [6.07, 6.45) is 2.39. The number of anilines is 1. The Hall–Kier alpha value is -2.22. The number of ether oxygens (including phenoxy) is 1. The Kier molecular flexibility index (Phi) is 3.46. The first-order valence-corrected chi connectivity index (χ1v) is 6.49. The molecule has 0 aliphatic carbocycles. The van der Waals surface area contributed by atoms with Crippen LogP contribution in [0.3, 0.4) is 0 Å². The summed E-state index contributed by atoms with van der Waals surface area (Å²) in [5.74, 6) is 1.74. The first kappa shape index (κ1) is 12.8. The number of rotatable bonds is 5. The highest BCUT2D eigenvalue weighted by Gasteiger charge is 2.25. The van der Waals surface area contributed by atoms with E-state index < -0.39 is 0 Å². The van der Waals surface area contributed by atoms with Gasteiger partial charge in [-0.1, -0.05) is 12.1 Å². The van der Waals surface area contributed by atoms with Gasteiger partial charge in [-0.15, -0.1) is 0 Å². The number of fused-ring (bicyclic) bond motifs is 1. The average Bonchev–Trinajstić information content (AvgIpc) is 3.14.